The number of nitrogens with two attached hydrogens (primary N) is 1. The molecule has 1 aromatic carbocycles. The monoisotopic (exact) mass is 288 g/mol. The van der Waals surface area contributed by atoms with E-state index in [0.717, 1.165) is 38.6 Å². The van der Waals surface area contributed by atoms with Gasteiger partial charge < -0.3 is 15.4 Å². The number of rotatable bonds is 5. The molecule has 3 rings (SSSR count). The highest BCUT2D eigenvalue weighted by Gasteiger charge is 2.36. The summed E-state index contributed by atoms with van der Waals surface area (Å²) in [4.78, 5) is 2.61. The lowest BCUT2D eigenvalue weighted by molar-refractivity contribution is 0.0925. The Labute approximate surface area is 128 Å². The summed E-state index contributed by atoms with van der Waals surface area (Å²) in [7, 11) is 0. The van der Waals surface area contributed by atoms with Crippen LogP contribution in [-0.4, -0.2) is 44.3 Å². The summed E-state index contributed by atoms with van der Waals surface area (Å²) < 4.78 is 5.59. The van der Waals surface area contributed by atoms with Crippen molar-refractivity contribution in [2.45, 2.75) is 25.7 Å². The molecule has 3 nitrogen and oxygen atoms in total. The van der Waals surface area contributed by atoms with Gasteiger partial charge in [0.15, 0.2) is 0 Å². The van der Waals surface area contributed by atoms with Gasteiger partial charge in [0, 0.05) is 25.1 Å². The van der Waals surface area contributed by atoms with Crippen LogP contribution in [0.25, 0.3) is 0 Å². The molecule has 0 aromatic heterocycles. The van der Waals surface area contributed by atoms with Crippen LogP contribution in [0.3, 0.4) is 0 Å². The summed E-state index contributed by atoms with van der Waals surface area (Å²) in [6.45, 7) is 6.08. The van der Waals surface area contributed by atoms with Crippen molar-refractivity contribution in [1.82, 2.24) is 4.90 Å². The van der Waals surface area contributed by atoms with Crippen molar-refractivity contribution in [3.05, 3.63) is 35.9 Å². The first-order valence-corrected chi connectivity index (χ1v) is 8.34. The van der Waals surface area contributed by atoms with Gasteiger partial charge in [-0.2, -0.15) is 0 Å². The van der Waals surface area contributed by atoms with E-state index in [1.165, 1.54) is 37.9 Å². The Morgan fingerprint density at radius 2 is 1.95 bits per heavy atom. The van der Waals surface area contributed by atoms with Crippen LogP contribution in [0, 0.1) is 11.3 Å². The van der Waals surface area contributed by atoms with E-state index in [0.29, 0.717) is 0 Å². The number of ether oxygens (including phenoxy) is 1. The summed E-state index contributed by atoms with van der Waals surface area (Å²) in [6.07, 6.45) is 5.00. The number of hydrogen-bond donors (Lipinski definition) is 1. The van der Waals surface area contributed by atoms with Crippen LogP contribution >= 0.6 is 0 Å². The standard InChI is InChI=1S/C18H28N2O/c19-13-18(8-11-21-15-18)14-20-9-6-17(7-10-20)12-16-4-2-1-3-5-16/h1-5,17H,6-15,19H2. The molecule has 0 bridgehead atoms. The SMILES string of the molecule is NCC1(CN2CCC(Cc3ccccc3)CC2)CCOC1. The number of hydrogen-bond acceptors (Lipinski definition) is 3. The summed E-state index contributed by atoms with van der Waals surface area (Å²) >= 11 is 0. The molecular formula is C18H28N2O. The van der Waals surface area contributed by atoms with E-state index < -0.39 is 0 Å². The van der Waals surface area contributed by atoms with E-state index >= 15 is 0 Å². The van der Waals surface area contributed by atoms with E-state index in [4.69, 9.17) is 10.5 Å². The molecule has 0 saturated carbocycles. The molecule has 2 saturated heterocycles. The van der Waals surface area contributed by atoms with Crippen molar-refractivity contribution in [3.63, 3.8) is 0 Å². The molecule has 3 heteroatoms. The molecular weight excluding hydrogens is 260 g/mol. The second-order valence-corrected chi connectivity index (χ2v) is 6.92. The molecule has 1 atom stereocenters. The maximum atomic E-state index is 6.01. The zero-order chi connectivity index (χ0) is 14.5. The smallest absolute Gasteiger partial charge is 0.0547 e. The summed E-state index contributed by atoms with van der Waals surface area (Å²) in [5.41, 5.74) is 7.72. The van der Waals surface area contributed by atoms with Gasteiger partial charge in [-0.3, -0.25) is 0 Å². The van der Waals surface area contributed by atoms with Gasteiger partial charge in [-0.1, -0.05) is 30.3 Å². The average molecular weight is 288 g/mol. The molecule has 116 valence electrons. The Balaban J connectivity index is 1.47. The maximum Gasteiger partial charge on any atom is 0.0547 e. The number of piperidine rings is 1. The summed E-state index contributed by atoms with van der Waals surface area (Å²) in [6, 6.07) is 10.9. The first kappa shape index (κ1) is 15.0. The Kier molecular flexibility index (Phi) is 4.94. The lowest BCUT2D eigenvalue weighted by atomic mass is 9.84. The topological polar surface area (TPSA) is 38.5 Å². The lowest BCUT2D eigenvalue weighted by Gasteiger charge is -2.38. The van der Waals surface area contributed by atoms with E-state index in [2.05, 4.69) is 35.2 Å². The number of nitrogens with zero attached hydrogens (tertiary/aromatic N) is 1. The third-order valence-corrected chi connectivity index (χ3v) is 5.25. The molecule has 1 aromatic rings. The minimum atomic E-state index is 0.228. The van der Waals surface area contributed by atoms with Crippen LogP contribution in [0.4, 0.5) is 0 Å². The van der Waals surface area contributed by atoms with Crippen LogP contribution in [0.15, 0.2) is 30.3 Å². The fraction of sp³-hybridized carbons (Fsp3) is 0.667. The maximum absolute atomic E-state index is 6.01. The molecule has 2 N–H and O–H groups in total. The van der Waals surface area contributed by atoms with Gasteiger partial charge in [-0.25, -0.2) is 0 Å². The van der Waals surface area contributed by atoms with E-state index in [9.17, 15) is 0 Å². The molecule has 2 fully saturated rings. The fourth-order valence-corrected chi connectivity index (χ4v) is 3.77. The zero-order valence-corrected chi connectivity index (χ0v) is 13.0. The summed E-state index contributed by atoms with van der Waals surface area (Å²) in [5.74, 6) is 0.845. The summed E-state index contributed by atoms with van der Waals surface area (Å²) in [5, 5.41) is 0. The van der Waals surface area contributed by atoms with E-state index in [1.54, 1.807) is 0 Å². The molecule has 2 aliphatic rings. The van der Waals surface area contributed by atoms with Gasteiger partial charge in [0.25, 0.3) is 0 Å². The van der Waals surface area contributed by atoms with Gasteiger partial charge in [-0.15, -0.1) is 0 Å². The Morgan fingerprint density at radius 1 is 1.19 bits per heavy atom. The van der Waals surface area contributed by atoms with Crippen molar-refractivity contribution in [3.8, 4) is 0 Å². The molecule has 0 amide bonds. The van der Waals surface area contributed by atoms with Crippen molar-refractivity contribution in [1.29, 1.82) is 0 Å². The third kappa shape index (κ3) is 3.85. The quantitative estimate of drug-likeness (QED) is 0.903. The normalized spacial score (nSPS) is 28.0. The van der Waals surface area contributed by atoms with Crippen LogP contribution in [0.1, 0.15) is 24.8 Å². The molecule has 2 heterocycles. The van der Waals surface area contributed by atoms with Gasteiger partial charge in [-0.05, 0) is 50.3 Å². The highest BCUT2D eigenvalue weighted by atomic mass is 16.5. The molecule has 1 unspecified atom stereocenters. The zero-order valence-electron chi connectivity index (χ0n) is 13.0. The second kappa shape index (κ2) is 6.91. The largest absolute Gasteiger partial charge is 0.381 e. The first-order valence-electron chi connectivity index (χ1n) is 8.34. The Bertz CT molecular complexity index is 420. The molecule has 0 spiro atoms. The molecule has 2 aliphatic heterocycles. The van der Waals surface area contributed by atoms with Gasteiger partial charge >= 0.3 is 0 Å². The lowest BCUT2D eigenvalue weighted by Crippen LogP contribution is -2.46. The number of likely N-dealkylation sites (tertiary alicyclic amines) is 1. The number of benzene rings is 1. The predicted molar refractivity (Wildman–Crippen MR) is 86.2 cm³/mol. The molecule has 0 aliphatic carbocycles. The van der Waals surface area contributed by atoms with Crippen LogP contribution in [0.2, 0.25) is 0 Å². The first-order chi connectivity index (χ1) is 10.3. The van der Waals surface area contributed by atoms with Crippen LogP contribution in [0.5, 0.6) is 0 Å². The fourth-order valence-electron chi connectivity index (χ4n) is 3.77. The van der Waals surface area contributed by atoms with Crippen LogP contribution in [-0.2, 0) is 11.2 Å². The van der Waals surface area contributed by atoms with E-state index in [1.807, 2.05) is 0 Å². The van der Waals surface area contributed by atoms with Crippen LogP contribution < -0.4 is 5.73 Å². The minimum Gasteiger partial charge on any atom is -0.381 e. The van der Waals surface area contributed by atoms with Gasteiger partial charge in [0.05, 0.1) is 6.61 Å². The highest BCUT2D eigenvalue weighted by molar-refractivity contribution is 5.15. The Hall–Kier alpha value is -0.900. The minimum absolute atomic E-state index is 0.228. The molecule has 0 radical (unpaired) electrons. The van der Waals surface area contributed by atoms with E-state index in [-0.39, 0.29) is 5.41 Å². The average Bonchev–Trinajstić information content (AvgIpc) is 2.99. The predicted octanol–water partition coefficient (Wildman–Crippen LogP) is 2.31. The van der Waals surface area contributed by atoms with Crippen molar-refractivity contribution in [2.24, 2.45) is 17.1 Å². The van der Waals surface area contributed by atoms with Crippen molar-refractivity contribution in [2.75, 3.05) is 39.4 Å². The highest BCUT2D eigenvalue weighted by Crippen LogP contribution is 2.30. The van der Waals surface area contributed by atoms with Gasteiger partial charge in [0.1, 0.15) is 0 Å². The van der Waals surface area contributed by atoms with Gasteiger partial charge in [0.2, 0.25) is 0 Å². The Morgan fingerprint density at radius 3 is 2.57 bits per heavy atom. The van der Waals surface area contributed by atoms with Crippen molar-refractivity contribution >= 4 is 0 Å². The molecule has 21 heavy (non-hydrogen) atoms. The second-order valence-electron chi connectivity index (χ2n) is 6.92. The van der Waals surface area contributed by atoms with Crippen molar-refractivity contribution < 1.29 is 4.74 Å². The third-order valence-electron chi connectivity index (χ3n) is 5.25.